The number of rotatable bonds is 3. The molecule has 0 atom stereocenters. The molecule has 0 saturated heterocycles. The summed E-state index contributed by atoms with van der Waals surface area (Å²) >= 11 is 0. The molecule has 2 aromatic carbocycles. The largest absolute Gasteiger partial charge is 0.382 e. The highest BCUT2D eigenvalue weighted by Gasteiger charge is 2.20. The minimum Gasteiger partial charge on any atom is -0.382 e. The lowest BCUT2D eigenvalue weighted by atomic mass is 9.98. The van der Waals surface area contributed by atoms with Gasteiger partial charge in [-0.2, -0.15) is 14.9 Å². The van der Waals surface area contributed by atoms with Crippen LogP contribution in [0.1, 0.15) is 11.3 Å². The number of fused-ring (bicyclic) bond motifs is 2. The van der Waals surface area contributed by atoms with Gasteiger partial charge in [0.05, 0.1) is 24.1 Å². The Morgan fingerprint density at radius 3 is 2.80 bits per heavy atom. The fourth-order valence-electron chi connectivity index (χ4n) is 3.09. The zero-order valence-corrected chi connectivity index (χ0v) is 13.6. The summed E-state index contributed by atoms with van der Waals surface area (Å²) in [6, 6.07) is 16.3. The molecule has 4 rings (SSSR count). The van der Waals surface area contributed by atoms with Gasteiger partial charge < -0.3 is 10.5 Å². The Morgan fingerprint density at radius 2 is 2.00 bits per heavy atom. The molecule has 4 aromatic rings. The first-order valence-electron chi connectivity index (χ1n) is 7.78. The average molecular weight is 329 g/mol. The Balaban J connectivity index is 2.11. The second kappa shape index (κ2) is 5.89. The number of anilines is 1. The van der Waals surface area contributed by atoms with E-state index in [2.05, 4.69) is 28.3 Å². The van der Waals surface area contributed by atoms with Gasteiger partial charge in [-0.05, 0) is 16.3 Å². The van der Waals surface area contributed by atoms with Crippen molar-refractivity contribution in [2.24, 2.45) is 0 Å². The van der Waals surface area contributed by atoms with Gasteiger partial charge in [-0.25, -0.2) is 4.98 Å². The number of benzene rings is 2. The molecule has 0 bridgehead atoms. The van der Waals surface area contributed by atoms with Crippen LogP contribution in [0.25, 0.3) is 27.5 Å². The molecule has 122 valence electrons. The molecule has 0 aliphatic rings. The number of ether oxygens (including phenoxy) is 1. The number of nitrogens with two attached hydrogens (primary N) is 1. The number of hydrogen-bond acceptors (Lipinski definition) is 5. The van der Waals surface area contributed by atoms with Crippen molar-refractivity contribution >= 4 is 22.2 Å². The van der Waals surface area contributed by atoms with Crippen molar-refractivity contribution in [3.8, 4) is 17.2 Å². The normalized spacial score (nSPS) is 11.0. The minimum atomic E-state index is 0.274. The highest BCUT2D eigenvalue weighted by atomic mass is 16.5. The van der Waals surface area contributed by atoms with Gasteiger partial charge in [0.2, 0.25) is 0 Å². The van der Waals surface area contributed by atoms with Gasteiger partial charge in [0, 0.05) is 7.11 Å². The molecule has 0 amide bonds. The van der Waals surface area contributed by atoms with Crippen LogP contribution in [0.4, 0.5) is 5.82 Å². The third-order valence-corrected chi connectivity index (χ3v) is 4.21. The molecule has 2 aromatic heterocycles. The topological polar surface area (TPSA) is 89.2 Å². The van der Waals surface area contributed by atoms with Crippen LogP contribution in [0.15, 0.2) is 48.7 Å². The van der Waals surface area contributed by atoms with Gasteiger partial charge in [0.25, 0.3) is 0 Å². The molecule has 0 saturated carbocycles. The van der Waals surface area contributed by atoms with Crippen LogP contribution in [-0.2, 0) is 11.3 Å². The first-order chi connectivity index (χ1) is 12.2. The molecule has 6 nitrogen and oxygen atoms in total. The zero-order chi connectivity index (χ0) is 17.4. The van der Waals surface area contributed by atoms with E-state index >= 15 is 0 Å². The maximum Gasteiger partial charge on any atom is 0.165 e. The molecule has 0 aliphatic carbocycles. The second-order valence-electron chi connectivity index (χ2n) is 5.69. The number of methoxy groups -OCH3 is 1. The van der Waals surface area contributed by atoms with E-state index in [0.717, 1.165) is 27.6 Å². The number of aromatic nitrogens is 3. The van der Waals surface area contributed by atoms with Gasteiger partial charge in [-0.3, -0.25) is 0 Å². The summed E-state index contributed by atoms with van der Waals surface area (Å²) in [5.74, 6) is 0.274. The van der Waals surface area contributed by atoms with Crippen LogP contribution >= 0.6 is 0 Å². The molecule has 0 spiro atoms. The van der Waals surface area contributed by atoms with Crippen molar-refractivity contribution in [2.75, 3.05) is 12.8 Å². The van der Waals surface area contributed by atoms with Crippen LogP contribution in [0.2, 0.25) is 0 Å². The van der Waals surface area contributed by atoms with Crippen LogP contribution in [0, 0.1) is 11.3 Å². The summed E-state index contributed by atoms with van der Waals surface area (Å²) < 4.78 is 6.84. The Hall–Kier alpha value is -3.43. The maximum atomic E-state index is 9.18. The fourth-order valence-corrected chi connectivity index (χ4v) is 3.09. The van der Waals surface area contributed by atoms with E-state index in [-0.39, 0.29) is 5.82 Å². The summed E-state index contributed by atoms with van der Waals surface area (Å²) in [5.41, 5.74) is 9.61. The average Bonchev–Trinajstić information content (AvgIpc) is 3.01. The number of nitrogens with zero attached hydrogens (tertiary/aromatic N) is 4. The lowest BCUT2D eigenvalue weighted by Gasteiger charge is -2.07. The van der Waals surface area contributed by atoms with E-state index in [1.807, 2.05) is 30.3 Å². The van der Waals surface area contributed by atoms with E-state index in [0.29, 0.717) is 17.8 Å². The fraction of sp³-hybridized carbons (Fsp3) is 0.105. The van der Waals surface area contributed by atoms with Gasteiger partial charge in [-0.15, -0.1) is 0 Å². The molecule has 0 aliphatic heterocycles. The van der Waals surface area contributed by atoms with Crippen molar-refractivity contribution in [1.29, 1.82) is 5.26 Å². The highest BCUT2D eigenvalue weighted by molar-refractivity contribution is 6.00. The summed E-state index contributed by atoms with van der Waals surface area (Å²) in [5, 5.41) is 16.0. The Kier molecular flexibility index (Phi) is 3.56. The van der Waals surface area contributed by atoms with Crippen LogP contribution in [0.5, 0.6) is 0 Å². The number of nitrogen functional groups attached to an aromatic ring is 1. The van der Waals surface area contributed by atoms with Crippen LogP contribution in [-0.4, -0.2) is 21.7 Å². The van der Waals surface area contributed by atoms with Crippen molar-refractivity contribution < 1.29 is 4.74 Å². The molecular formula is C19H15N5O. The standard InChI is InChI=1S/C19H15N5O/c1-25-11-16-17(15-8-4-6-12-5-2-3-7-14(12)15)19-22-10-13(9-20)18(21)24(19)23-16/h2-8,10H,11,21H2,1H3. The molecule has 0 radical (unpaired) electrons. The minimum absolute atomic E-state index is 0.274. The SMILES string of the molecule is COCc1nn2c(N)c(C#N)cnc2c1-c1cccc2ccccc12. The zero-order valence-electron chi connectivity index (χ0n) is 13.6. The predicted octanol–water partition coefficient (Wildman–Crippen LogP) is 3.15. The first kappa shape index (κ1) is 15.1. The Bertz CT molecular complexity index is 1130. The van der Waals surface area contributed by atoms with Crippen molar-refractivity contribution in [3.05, 3.63) is 59.9 Å². The number of nitriles is 1. The third-order valence-electron chi connectivity index (χ3n) is 4.21. The van der Waals surface area contributed by atoms with E-state index < -0.39 is 0 Å². The van der Waals surface area contributed by atoms with Crippen molar-refractivity contribution in [1.82, 2.24) is 14.6 Å². The number of hydrogen-bond donors (Lipinski definition) is 1. The summed E-state index contributed by atoms with van der Waals surface area (Å²) in [6.07, 6.45) is 1.48. The second-order valence-corrected chi connectivity index (χ2v) is 5.69. The summed E-state index contributed by atoms with van der Waals surface area (Å²) in [6.45, 7) is 0.323. The maximum absolute atomic E-state index is 9.18. The Labute approximate surface area is 144 Å². The van der Waals surface area contributed by atoms with Crippen molar-refractivity contribution in [2.45, 2.75) is 6.61 Å². The van der Waals surface area contributed by atoms with E-state index in [1.54, 1.807) is 7.11 Å². The molecule has 2 heterocycles. The first-order valence-corrected chi connectivity index (χ1v) is 7.78. The molecule has 0 fully saturated rings. The van der Waals surface area contributed by atoms with Crippen LogP contribution < -0.4 is 5.73 Å². The van der Waals surface area contributed by atoms with E-state index in [9.17, 15) is 5.26 Å². The Morgan fingerprint density at radius 1 is 1.20 bits per heavy atom. The monoisotopic (exact) mass is 329 g/mol. The highest BCUT2D eigenvalue weighted by Crippen LogP contribution is 2.34. The van der Waals surface area contributed by atoms with Gasteiger partial charge in [0.15, 0.2) is 5.65 Å². The lowest BCUT2D eigenvalue weighted by Crippen LogP contribution is -2.03. The third kappa shape index (κ3) is 2.30. The summed E-state index contributed by atoms with van der Waals surface area (Å²) in [4.78, 5) is 4.44. The van der Waals surface area contributed by atoms with Gasteiger partial charge >= 0.3 is 0 Å². The van der Waals surface area contributed by atoms with E-state index in [1.165, 1.54) is 10.7 Å². The predicted molar refractivity (Wildman–Crippen MR) is 95.8 cm³/mol. The van der Waals surface area contributed by atoms with E-state index in [4.69, 9.17) is 10.5 Å². The van der Waals surface area contributed by atoms with Crippen LogP contribution in [0.3, 0.4) is 0 Å². The van der Waals surface area contributed by atoms with Gasteiger partial charge in [-0.1, -0.05) is 42.5 Å². The smallest absolute Gasteiger partial charge is 0.165 e. The molecular weight excluding hydrogens is 314 g/mol. The van der Waals surface area contributed by atoms with Gasteiger partial charge in [0.1, 0.15) is 17.5 Å². The van der Waals surface area contributed by atoms with Crippen molar-refractivity contribution in [3.63, 3.8) is 0 Å². The molecule has 25 heavy (non-hydrogen) atoms. The lowest BCUT2D eigenvalue weighted by molar-refractivity contribution is 0.181. The quantitative estimate of drug-likeness (QED) is 0.623. The molecule has 0 unspecified atom stereocenters. The molecule has 6 heteroatoms. The molecule has 2 N–H and O–H groups in total. The summed E-state index contributed by atoms with van der Waals surface area (Å²) in [7, 11) is 1.62.